The molecule has 7 nitrogen and oxygen atoms in total. The average Bonchev–Trinajstić information content (AvgIpc) is 2.81. The lowest BCUT2D eigenvalue weighted by Crippen LogP contribution is -2.41. The highest BCUT2D eigenvalue weighted by molar-refractivity contribution is 5.77. The fourth-order valence-electron chi connectivity index (χ4n) is 3.50. The number of para-hydroxylation sites is 2. The van der Waals surface area contributed by atoms with Gasteiger partial charge in [0.25, 0.3) is 0 Å². The second kappa shape index (κ2) is 10.4. The van der Waals surface area contributed by atoms with Crippen LogP contribution in [0.5, 0.6) is 11.5 Å². The Kier molecular flexibility index (Phi) is 7.18. The molecule has 2 aliphatic heterocycles. The van der Waals surface area contributed by atoms with Gasteiger partial charge in [-0.25, -0.2) is 4.79 Å². The molecule has 0 spiro atoms. The van der Waals surface area contributed by atoms with Gasteiger partial charge in [0.1, 0.15) is 6.61 Å². The van der Waals surface area contributed by atoms with Gasteiger partial charge in [-0.1, -0.05) is 42.5 Å². The van der Waals surface area contributed by atoms with E-state index >= 15 is 0 Å². The third-order valence-corrected chi connectivity index (χ3v) is 5.12. The molecule has 0 aromatic heterocycles. The molecule has 7 heteroatoms. The van der Waals surface area contributed by atoms with Crippen LogP contribution in [0.25, 0.3) is 0 Å². The summed E-state index contributed by atoms with van der Waals surface area (Å²) >= 11 is 0. The Morgan fingerprint density at radius 2 is 1.60 bits per heavy atom. The molecule has 2 atom stereocenters. The van der Waals surface area contributed by atoms with Crippen LogP contribution in [0.2, 0.25) is 0 Å². The maximum Gasteiger partial charge on any atom is 0.351 e. The monoisotopic (exact) mass is 413 g/mol. The number of fused-ring (bicyclic) bond motifs is 1. The van der Waals surface area contributed by atoms with Crippen molar-refractivity contribution in [3.63, 3.8) is 0 Å². The van der Waals surface area contributed by atoms with Crippen LogP contribution in [0.1, 0.15) is 11.7 Å². The quantitative estimate of drug-likeness (QED) is 0.486. The first kappa shape index (κ1) is 20.7. The van der Waals surface area contributed by atoms with Crippen molar-refractivity contribution >= 4 is 5.97 Å². The van der Waals surface area contributed by atoms with Crippen molar-refractivity contribution in [2.24, 2.45) is 0 Å². The summed E-state index contributed by atoms with van der Waals surface area (Å²) in [5, 5.41) is 0. The van der Waals surface area contributed by atoms with Crippen LogP contribution in [0.3, 0.4) is 0 Å². The fourth-order valence-corrected chi connectivity index (χ4v) is 3.50. The van der Waals surface area contributed by atoms with Crippen LogP contribution in [0, 0.1) is 0 Å². The molecule has 4 rings (SSSR count). The first-order chi connectivity index (χ1) is 14.8. The van der Waals surface area contributed by atoms with E-state index in [0.29, 0.717) is 24.7 Å². The topological polar surface area (TPSA) is 66.5 Å². The highest BCUT2D eigenvalue weighted by Gasteiger charge is 2.39. The van der Waals surface area contributed by atoms with Crippen molar-refractivity contribution in [1.82, 2.24) is 4.90 Å². The SMILES string of the molecule is O=C(OCCOCCN1CCOCC1)C1Oc2ccccc2OC1c1ccccc1. The summed E-state index contributed by atoms with van der Waals surface area (Å²) in [6.07, 6.45) is -1.45. The highest BCUT2D eigenvalue weighted by Crippen LogP contribution is 2.39. The van der Waals surface area contributed by atoms with Crippen LogP contribution >= 0.6 is 0 Å². The predicted molar refractivity (Wildman–Crippen MR) is 110 cm³/mol. The van der Waals surface area contributed by atoms with Crippen molar-refractivity contribution in [1.29, 1.82) is 0 Å². The number of carbonyl (C=O) groups is 1. The van der Waals surface area contributed by atoms with Crippen molar-refractivity contribution in [2.75, 3.05) is 52.7 Å². The molecule has 2 heterocycles. The van der Waals surface area contributed by atoms with Gasteiger partial charge in [0, 0.05) is 19.6 Å². The van der Waals surface area contributed by atoms with Crippen molar-refractivity contribution < 1.29 is 28.5 Å². The van der Waals surface area contributed by atoms with Crippen LogP contribution in [0.4, 0.5) is 0 Å². The summed E-state index contributed by atoms with van der Waals surface area (Å²) in [6.45, 7) is 5.37. The van der Waals surface area contributed by atoms with Crippen molar-refractivity contribution in [3.05, 3.63) is 60.2 Å². The molecular weight excluding hydrogens is 386 g/mol. The Balaban J connectivity index is 1.28. The number of morpholine rings is 1. The normalized spacial score (nSPS) is 21.2. The summed E-state index contributed by atoms with van der Waals surface area (Å²) in [7, 11) is 0. The third kappa shape index (κ3) is 5.30. The van der Waals surface area contributed by atoms with E-state index < -0.39 is 18.2 Å². The lowest BCUT2D eigenvalue weighted by molar-refractivity contribution is -0.160. The first-order valence-corrected chi connectivity index (χ1v) is 10.3. The lowest BCUT2D eigenvalue weighted by atomic mass is 10.0. The Morgan fingerprint density at radius 3 is 2.37 bits per heavy atom. The van der Waals surface area contributed by atoms with E-state index in [9.17, 15) is 4.79 Å². The van der Waals surface area contributed by atoms with Gasteiger partial charge in [0.15, 0.2) is 17.6 Å². The number of ether oxygens (including phenoxy) is 5. The molecule has 0 saturated carbocycles. The van der Waals surface area contributed by atoms with E-state index in [-0.39, 0.29) is 6.61 Å². The number of rotatable bonds is 8. The number of hydrogen-bond donors (Lipinski definition) is 0. The fraction of sp³-hybridized carbons (Fsp3) is 0.435. The molecule has 2 aromatic rings. The van der Waals surface area contributed by atoms with Gasteiger partial charge in [0.2, 0.25) is 6.10 Å². The van der Waals surface area contributed by atoms with E-state index in [1.165, 1.54) is 0 Å². The maximum atomic E-state index is 12.8. The van der Waals surface area contributed by atoms with E-state index in [0.717, 1.165) is 38.4 Å². The smallest absolute Gasteiger partial charge is 0.351 e. The molecule has 0 bridgehead atoms. The lowest BCUT2D eigenvalue weighted by Gasteiger charge is -2.32. The summed E-state index contributed by atoms with van der Waals surface area (Å²) in [5.74, 6) is 0.686. The molecule has 160 valence electrons. The van der Waals surface area contributed by atoms with Crippen molar-refractivity contribution in [2.45, 2.75) is 12.2 Å². The Morgan fingerprint density at radius 1 is 0.900 bits per heavy atom. The number of benzene rings is 2. The second-order valence-corrected chi connectivity index (χ2v) is 7.17. The Bertz CT molecular complexity index is 808. The zero-order chi connectivity index (χ0) is 20.6. The summed E-state index contributed by atoms with van der Waals surface area (Å²) < 4.78 is 28.4. The average molecular weight is 413 g/mol. The third-order valence-electron chi connectivity index (χ3n) is 5.12. The van der Waals surface area contributed by atoms with Gasteiger partial charge in [-0.05, 0) is 17.7 Å². The zero-order valence-corrected chi connectivity index (χ0v) is 16.9. The molecule has 30 heavy (non-hydrogen) atoms. The van der Waals surface area contributed by atoms with Crippen LogP contribution in [-0.2, 0) is 19.0 Å². The number of carbonyl (C=O) groups excluding carboxylic acids is 1. The standard InChI is InChI=1S/C23H27NO6/c25-23(28-17-16-27-15-12-24-10-13-26-14-11-24)22-21(18-6-2-1-3-7-18)29-19-8-4-5-9-20(19)30-22/h1-9,21-22H,10-17H2. The number of esters is 1. The largest absolute Gasteiger partial charge is 0.477 e. The van der Waals surface area contributed by atoms with E-state index in [4.69, 9.17) is 23.7 Å². The van der Waals surface area contributed by atoms with E-state index in [1.807, 2.05) is 48.5 Å². The minimum Gasteiger partial charge on any atom is -0.477 e. The molecular formula is C23H27NO6. The first-order valence-electron chi connectivity index (χ1n) is 10.3. The van der Waals surface area contributed by atoms with Gasteiger partial charge in [-0.3, -0.25) is 4.90 Å². The predicted octanol–water partition coefficient (Wildman–Crippen LogP) is 2.46. The van der Waals surface area contributed by atoms with Crippen LogP contribution in [0.15, 0.2) is 54.6 Å². The molecule has 0 amide bonds. The molecule has 1 saturated heterocycles. The van der Waals surface area contributed by atoms with Gasteiger partial charge >= 0.3 is 5.97 Å². The molecule has 1 fully saturated rings. The molecule has 2 aromatic carbocycles. The Labute approximate surface area is 176 Å². The molecule has 0 radical (unpaired) electrons. The minimum absolute atomic E-state index is 0.172. The van der Waals surface area contributed by atoms with Crippen LogP contribution < -0.4 is 9.47 Å². The van der Waals surface area contributed by atoms with Gasteiger partial charge in [-0.2, -0.15) is 0 Å². The summed E-state index contributed by atoms with van der Waals surface area (Å²) in [6, 6.07) is 16.9. The van der Waals surface area contributed by atoms with Gasteiger partial charge in [0.05, 0.1) is 26.4 Å². The van der Waals surface area contributed by atoms with Gasteiger partial charge in [-0.15, -0.1) is 0 Å². The second-order valence-electron chi connectivity index (χ2n) is 7.17. The van der Waals surface area contributed by atoms with Gasteiger partial charge < -0.3 is 23.7 Å². The maximum absolute atomic E-state index is 12.8. The Hall–Kier alpha value is -2.61. The molecule has 2 aliphatic rings. The van der Waals surface area contributed by atoms with Crippen LogP contribution in [-0.4, -0.2) is 69.6 Å². The molecule has 0 N–H and O–H groups in total. The minimum atomic E-state index is -0.879. The number of hydrogen-bond acceptors (Lipinski definition) is 7. The van der Waals surface area contributed by atoms with E-state index in [1.54, 1.807) is 6.07 Å². The molecule has 0 aliphatic carbocycles. The summed E-state index contributed by atoms with van der Waals surface area (Å²) in [4.78, 5) is 15.1. The van der Waals surface area contributed by atoms with E-state index in [2.05, 4.69) is 4.90 Å². The highest BCUT2D eigenvalue weighted by atomic mass is 16.6. The van der Waals surface area contributed by atoms with Crippen molar-refractivity contribution in [3.8, 4) is 11.5 Å². The molecule has 2 unspecified atom stereocenters. The summed E-state index contributed by atoms with van der Waals surface area (Å²) in [5.41, 5.74) is 0.857. The number of nitrogens with zero attached hydrogens (tertiary/aromatic N) is 1. The zero-order valence-electron chi connectivity index (χ0n) is 16.9.